The van der Waals surface area contributed by atoms with E-state index in [1.165, 1.54) is 0 Å². The summed E-state index contributed by atoms with van der Waals surface area (Å²) in [5.74, 6) is 0. The summed E-state index contributed by atoms with van der Waals surface area (Å²) < 4.78 is 36.3. The van der Waals surface area contributed by atoms with Gasteiger partial charge in [-0.15, -0.1) is 6.58 Å². The molecule has 0 aromatic carbocycles. The minimum atomic E-state index is -4.45. The fourth-order valence-electron chi connectivity index (χ4n) is 1.07. The van der Waals surface area contributed by atoms with Crippen LogP contribution in [-0.2, 0) is 0 Å². The Morgan fingerprint density at radius 3 is 1.74 bits per heavy atom. The van der Waals surface area contributed by atoms with E-state index in [0.717, 1.165) is 0 Å². The van der Waals surface area contributed by atoms with Gasteiger partial charge in [0.05, 0.1) is 0 Å². The Bertz CT molecular complexity index is 337. The number of allylic oxidation sites excluding steroid dienone is 3. The molecule has 2 nitrogen and oxygen atoms in total. The van der Waals surface area contributed by atoms with Gasteiger partial charge in [0.2, 0.25) is 0 Å². The second kappa shape index (κ2) is 20.8. The number of hydrogen-bond donors (Lipinski definition) is 0. The third-order valence-electron chi connectivity index (χ3n) is 1.74. The summed E-state index contributed by atoms with van der Waals surface area (Å²) in [5.41, 5.74) is 0.598. The standard InChI is InChI=1S/C10H13ClF3NO.C3H6.2C2H6/c1-3-5-8(4-2)6-15(9(11)16)7-10(12,13)14;1-3-2;2*1-2/h3-5H,6-7H2,1-2H3;3H,1H2,2H3;2*1-2H3/b5-3-,8-4+;;;. The van der Waals surface area contributed by atoms with Crippen LogP contribution in [0.3, 0.4) is 0 Å². The van der Waals surface area contributed by atoms with Crippen molar-refractivity contribution in [2.24, 2.45) is 0 Å². The number of nitrogens with zero attached hydrogens (tertiary/aromatic N) is 1. The molecule has 138 valence electrons. The van der Waals surface area contributed by atoms with E-state index in [0.29, 0.717) is 10.5 Å². The number of rotatable bonds is 4. The molecule has 0 rings (SSSR count). The van der Waals surface area contributed by atoms with E-state index in [-0.39, 0.29) is 6.54 Å². The molecule has 23 heavy (non-hydrogen) atoms. The third kappa shape index (κ3) is 26.0. The molecule has 1 amide bonds. The Hall–Kier alpha value is -1.23. The summed E-state index contributed by atoms with van der Waals surface area (Å²) >= 11 is 5.09. The summed E-state index contributed by atoms with van der Waals surface area (Å²) in [5, 5.41) is -1.11. The molecule has 0 saturated heterocycles. The Labute approximate surface area is 144 Å². The first-order valence-corrected chi connectivity index (χ1v) is 7.95. The van der Waals surface area contributed by atoms with Gasteiger partial charge >= 0.3 is 11.5 Å². The van der Waals surface area contributed by atoms with E-state index in [1.54, 1.807) is 38.2 Å². The maximum absolute atomic E-state index is 12.1. The van der Waals surface area contributed by atoms with Crippen LogP contribution in [0.5, 0.6) is 0 Å². The molecule has 0 aliphatic heterocycles. The molecule has 6 heteroatoms. The quantitative estimate of drug-likeness (QED) is 0.230. The summed E-state index contributed by atoms with van der Waals surface area (Å²) in [6.07, 6.45) is 2.24. The second-order valence-corrected chi connectivity index (χ2v) is 3.82. The zero-order valence-corrected chi connectivity index (χ0v) is 16.1. The molecule has 0 heterocycles. The fourth-order valence-corrected chi connectivity index (χ4v) is 1.19. The zero-order valence-electron chi connectivity index (χ0n) is 15.3. The number of halogens is 4. The van der Waals surface area contributed by atoms with Crippen LogP contribution in [0.25, 0.3) is 0 Å². The zero-order chi connectivity index (χ0) is 19.5. The first kappa shape index (κ1) is 29.7. The van der Waals surface area contributed by atoms with Crippen molar-refractivity contribution in [1.29, 1.82) is 0 Å². The maximum Gasteiger partial charge on any atom is 0.406 e. The minimum Gasteiger partial charge on any atom is -0.316 e. The lowest BCUT2D eigenvalue weighted by Gasteiger charge is -2.21. The average Bonchev–Trinajstić information content (AvgIpc) is 2.49. The van der Waals surface area contributed by atoms with E-state index >= 15 is 0 Å². The number of alkyl halides is 3. The molecule has 0 spiro atoms. The molecular weight excluding hydrogens is 327 g/mol. The number of carbonyl (C=O) groups excluding carboxylic acids is 1. The highest BCUT2D eigenvalue weighted by Gasteiger charge is 2.32. The monoisotopic (exact) mass is 357 g/mol. The number of carbonyl (C=O) groups is 1. The third-order valence-corrected chi connectivity index (χ3v) is 1.98. The van der Waals surface area contributed by atoms with Crippen molar-refractivity contribution in [2.45, 2.75) is 54.6 Å². The van der Waals surface area contributed by atoms with E-state index in [1.807, 2.05) is 34.6 Å². The largest absolute Gasteiger partial charge is 0.406 e. The first-order valence-electron chi connectivity index (χ1n) is 7.57. The topological polar surface area (TPSA) is 20.3 Å². The van der Waals surface area contributed by atoms with Crippen LogP contribution in [0.1, 0.15) is 48.5 Å². The van der Waals surface area contributed by atoms with E-state index in [9.17, 15) is 18.0 Å². The molecule has 0 bridgehead atoms. The van der Waals surface area contributed by atoms with Crippen LogP contribution >= 0.6 is 11.6 Å². The van der Waals surface area contributed by atoms with Gasteiger partial charge in [0.25, 0.3) is 0 Å². The van der Waals surface area contributed by atoms with E-state index in [4.69, 9.17) is 11.6 Å². The van der Waals surface area contributed by atoms with Crippen molar-refractivity contribution >= 4 is 17.0 Å². The van der Waals surface area contributed by atoms with Gasteiger partial charge in [-0.25, -0.2) is 0 Å². The average molecular weight is 358 g/mol. The van der Waals surface area contributed by atoms with Gasteiger partial charge in [0.15, 0.2) is 0 Å². The van der Waals surface area contributed by atoms with Crippen molar-refractivity contribution in [3.05, 3.63) is 36.5 Å². The van der Waals surface area contributed by atoms with Gasteiger partial charge in [-0.3, -0.25) is 4.79 Å². The normalized spacial score (nSPS) is 10.3. The van der Waals surface area contributed by atoms with Gasteiger partial charge in [-0.05, 0) is 37.9 Å². The Morgan fingerprint density at radius 1 is 1.13 bits per heavy atom. The smallest absolute Gasteiger partial charge is 0.316 e. The highest BCUT2D eigenvalue weighted by atomic mass is 35.5. The van der Waals surface area contributed by atoms with Gasteiger partial charge in [0, 0.05) is 6.54 Å². The predicted molar refractivity (Wildman–Crippen MR) is 96.0 cm³/mol. The molecule has 0 radical (unpaired) electrons. The highest BCUT2D eigenvalue weighted by molar-refractivity contribution is 6.62. The lowest BCUT2D eigenvalue weighted by molar-refractivity contribution is -0.138. The van der Waals surface area contributed by atoms with Crippen molar-refractivity contribution < 1.29 is 18.0 Å². The van der Waals surface area contributed by atoms with Crippen LogP contribution in [-0.4, -0.2) is 29.5 Å². The highest BCUT2D eigenvalue weighted by Crippen LogP contribution is 2.18. The summed E-state index contributed by atoms with van der Waals surface area (Å²) in [6, 6.07) is 0. The number of amides is 1. The lowest BCUT2D eigenvalue weighted by Crippen LogP contribution is -2.37. The molecule has 0 aromatic heterocycles. The minimum absolute atomic E-state index is 0.150. The summed E-state index contributed by atoms with van der Waals surface area (Å²) in [4.78, 5) is 11.4. The van der Waals surface area contributed by atoms with E-state index in [2.05, 4.69) is 6.58 Å². The molecule has 0 aromatic rings. The van der Waals surface area contributed by atoms with Gasteiger partial charge in [0.1, 0.15) is 6.54 Å². The maximum atomic E-state index is 12.1. The van der Waals surface area contributed by atoms with Gasteiger partial charge in [-0.1, -0.05) is 52.0 Å². The Morgan fingerprint density at radius 2 is 1.52 bits per heavy atom. The van der Waals surface area contributed by atoms with Crippen molar-refractivity contribution in [2.75, 3.05) is 13.1 Å². The first-order chi connectivity index (χ1) is 10.7. The molecule has 0 N–H and O–H groups in total. The molecule has 0 unspecified atom stereocenters. The SMILES string of the molecule is C/C=C\C(=C/C)CN(CC(F)(F)F)C(=O)Cl.C=CC.CC.CC. The van der Waals surface area contributed by atoms with E-state index < -0.39 is 18.1 Å². The van der Waals surface area contributed by atoms with Crippen molar-refractivity contribution in [1.82, 2.24) is 4.90 Å². The van der Waals surface area contributed by atoms with Crippen LogP contribution in [0.2, 0.25) is 0 Å². The van der Waals surface area contributed by atoms with Crippen LogP contribution in [0, 0.1) is 0 Å². The summed E-state index contributed by atoms with van der Waals surface area (Å²) in [7, 11) is 0. The molecule has 0 atom stereocenters. The fraction of sp³-hybridized carbons (Fsp3) is 0.588. The molecular formula is C17H31ClF3NO. The molecule has 0 aliphatic carbocycles. The molecule has 0 aliphatic rings. The molecule has 0 fully saturated rings. The Kier molecular flexibility index (Phi) is 26.9. The molecule has 0 saturated carbocycles. The van der Waals surface area contributed by atoms with Gasteiger partial charge in [-0.2, -0.15) is 13.2 Å². The lowest BCUT2D eigenvalue weighted by atomic mass is 10.2. The number of hydrogen-bond acceptors (Lipinski definition) is 1. The predicted octanol–water partition coefficient (Wildman–Crippen LogP) is 6.98. The Balaban J connectivity index is -0.000000222. The van der Waals surface area contributed by atoms with Crippen molar-refractivity contribution in [3.63, 3.8) is 0 Å². The second-order valence-electron chi connectivity index (χ2n) is 3.50. The van der Waals surface area contributed by atoms with Crippen molar-refractivity contribution in [3.8, 4) is 0 Å². The van der Waals surface area contributed by atoms with Crippen LogP contribution in [0.15, 0.2) is 36.5 Å². The van der Waals surface area contributed by atoms with Crippen LogP contribution < -0.4 is 0 Å². The summed E-state index contributed by atoms with van der Waals surface area (Å²) in [6.45, 7) is 15.2. The van der Waals surface area contributed by atoms with Crippen LogP contribution in [0.4, 0.5) is 18.0 Å². The van der Waals surface area contributed by atoms with Gasteiger partial charge < -0.3 is 4.90 Å².